The number of aliphatic hydroxyl groups excluding tert-OH is 1. The fourth-order valence-electron chi connectivity index (χ4n) is 4.64. The Morgan fingerprint density at radius 1 is 0.889 bits per heavy atom. The molecule has 7 nitrogen and oxygen atoms in total. The number of imide groups is 2. The van der Waals surface area contributed by atoms with Gasteiger partial charge in [-0.15, -0.1) is 0 Å². The van der Waals surface area contributed by atoms with Crippen molar-refractivity contribution in [3.63, 3.8) is 0 Å². The minimum Gasteiger partial charge on any atom is -0.395 e. The molecule has 36 heavy (non-hydrogen) atoms. The van der Waals surface area contributed by atoms with E-state index in [9.17, 15) is 19.5 Å². The van der Waals surface area contributed by atoms with Crippen molar-refractivity contribution in [1.82, 2.24) is 5.32 Å². The van der Waals surface area contributed by atoms with E-state index in [-0.39, 0.29) is 12.2 Å². The summed E-state index contributed by atoms with van der Waals surface area (Å²) >= 11 is 0. The highest BCUT2D eigenvalue weighted by atomic mass is 16.3. The number of hydrogen-bond donors (Lipinski definition) is 2. The summed E-state index contributed by atoms with van der Waals surface area (Å²) in [7, 11) is 0. The van der Waals surface area contributed by atoms with Crippen LogP contribution in [0.1, 0.15) is 12.5 Å². The molecule has 0 radical (unpaired) electrons. The maximum Gasteiger partial charge on any atom is 0.335 e. The molecule has 0 aromatic heterocycles. The van der Waals surface area contributed by atoms with Crippen LogP contribution in [0.3, 0.4) is 0 Å². The fraction of sp³-hybridized carbons (Fsp3) is 0.138. The van der Waals surface area contributed by atoms with Gasteiger partial charge in [0.1, 0.15) is 5.57 Å². The van der Waals surface area contributed by atoms with E-state index in [1.165, 1.54) is 0 Å². The molecule has 0 atom stereocenters. The highest BCUT2D eigenvalue weighted by Crippen LogP contribution is 2.32. The maximum absolute atomic E-state index is 13.5. The van der Waals surface area contributed by atoms with Gasteiger partial charge in [-0.25, -0.2) is 9.69 Å². The number of anilines is 2. The number of hydrogen-bond acceptors (Lipinski definition) is 5. The molecule has 4 amide bonds. The summed E-state index contributed by atoms with van der Waals surface area (Å²) in [6, 6.07) is 23.8. The Morgan fingerprint density at radius 3 is 2.08 bits per heavy atom. The van der Waals surface area contributed by atoms with E-state index in [1.807, 2.05) is 60.4 Å². The van der Waals surface area contributed by atoms with Crippen LogP contribution in [0.4, 0.5) is 16.2 Å². The van der Waals surface area contributed by atoms with Crippen LogP contribution in [-0.2, 0) is 9.59 Å². The zero-order valence-electron chi connectivity index (χ0n) is 19.8. The Balaban J connectivity index is 1.59. The lowest BCUT2D eigenvalue weighted by molar-refractivity contribution is -0.122. The second-order valence-corrected chi connectivity index (χ2v) is 8.51. The largest absolute Gasteiger partial charge is 0.395 e. The molecule has 1 saturated heterocycles. The molecule has 0 spiro atoms. The third-order valence-corrected chi connectivity index (χ3v) is 6.43. The van der Waals surface area contributed by atoms with E-state index in [4.69, 9.17) is 0 Å². The van der Waals surface area contributed by atoms with Gasteiger partial charge < -0.3 is 10.0 Å². The lowest BCUT2D eigenvalue weighted by atomic mass is 9.94. The Morgan fingerprint density at radius 2 is 1.50 bits per heavy atom. The number of rotatable bonds is 6. The summed E-state index contributed by atoms with van der Waals surface area (Å²) in [5, 5.41) is 15.4. The SMILES string of the molecule is CCN(CCO)c1ccc(N2C(=O)NC(=O)/C(=C/c3c4ccccc4cc4ccccc34)C2=O)cc1. The number of barbiturate groups is 1. The zero-order valence-corrected chi connectivity index (χ0v) is 19.8. The molecular weight excluding hydrogens is 454 g/mol. The molecule has 180 valence electrons. The number of likely N-dealkylation sites (N-methyl/N-ethyl adjacent to an activating group) is 1. The van der Waals surface area contributed by atoms with E-state index < -0.39 is 17.8 Å². The van der Waals surface area contributed by atoms with Crippen LogP contribution in [0.5, 0.6) is 0 Å². The minimum absolute atomic E-state index is 0.0156. The van der Waals surface area contributed by atoms with Gasteiger partial charge in [0.25, 0.3) is 11.8 Å². The summed E-state index contributed by atoms with van der Waals surface area (Å²) < 4.78 is 0. The highest BCUT2D eigenvalue weighted by molar-refractivity contribution is 6.39. The van der Waals surface area contributed by atoms with Crippen LogP contribution in [0.2, 0.25) is 0 Å². The van der Waals surface area contributed by atoms with Crippen LogP contribution in [0.15, 0.2) is 84.4 Å². The summed E-state index contributed by atoms with van der Waals surface area (Å²) in [6.45, 7) is 3.16. The maximum atomic E-state index is 13.5. The molecule has 0 bridgehead atoms. The minimum atomic E-state index is -0.791. The summed E-state index contributed by atoms with van der Waals surface area (Å²) in [4.78, 5) is 42.0. The van der Waals surface area contributed by atoms with Crippen molar-refractivity contribution in [3.8, 4) is 0 Å². The normalized spacial score (nSPS) is 15.1. The number of aliphatic hydroxyl groups is 1. The third-order valence-electron chi connectivity index (χ3n) is 6.43. The average molecular weight is 480 g/mol. The zero-order chi connectivity index (χ0) is 25.2. The molecule has 2 N–H and O–H groups in total. The molecule has 1 aliphatic heterocycles. The van der Waals surface area contributed by atoms with E-state index >= 15 is 0 Å². The van der Waals surface area contributed by atoms with Gasteiger partial charge in [0.05, 0.1) is 12.3 Å². The predicted molar refractivity (Wildman–Crippen MR) is 142 cm³/mol. The van der Waals surface area contributed by atoms with Crippen LogP contribution in [-0.4, -0.2) is 42.6 Å². The first-order chi connectivity index (χ1) is 17.5. The molecule has 7 heteroatoms. The van der Waals surface area contributed by atoms with Gasteiger partial charge in [-0.3, -0.25) is 14.9 Å². The van der Waals surface area contributed by atoms with Crippen molar-refractivity contribution in [3.05, 3.63) is 90.0 Å². The van der Waals surface area contributed by atoms with Crippen molar-refractivity contribution in [2.75, 3.05) is 29.5 Å². The van der Waals surface area contributed by atoms with Gasteiger partial charge in [0.2, 0.25) is 0 Å². The van der Waals surface area contributed by atoms with Crippen molar-refractivity contribution < 1.29 is 19.5 Å². The lowest BCUT2D eigenvalue weighted by Gasteiger charge is -2.27. The molecule has 1 fully saturated rings. The predicted octanol–water partition coefficient (Wildman–Crippen LogP) is 4.48. The highest BCUT2D eigenvalue weighted by Gasteiger charge is 2.37. The summed E-state index contributed by atoms with van der Waals surface area (Å²) in [5.41, 5.74) is 1.83. The first kappa shape index (κ1) is 23.3. The first-order valence-corrected chi connectivity index (χ1v) is 11.8. The number of amides is 4. The van der Waals surface area contributed by atoms with E-state index in [2.05, 4.69) is 11.4 Å². The van der Waals surface area contributed by atoms with Crippen LogP contribution >= 0.6 is 0 Å². The molecule has 4 aromatic rings. The number of carbonyl (C=O) groups excluding carboxylic acids is 3. The molecule has 1 aliphatic rings. The average Bonchev–Trinajstić information content (AvgIpc) is 2.89. The monoisotopic (exact) mass is 479 g/mol. The topological polar surface area (TPSA) is 89.9 Å². The molecule has 0 unspecified atom stereocenters. The summed E-state index contributed by atoms with van der Waals surface area (Å²) in [6.07, 6.45) is 1.58. The second kappa shape index (κ2) is 9.64. The molecule has 5 rings (SSSR count). The van der Waals surface area contributed by atoms with E-state index in [0.29, 0.717) is 18.8 Å². The Hall–Kier alpha value is -4.49. The van der Waals surface area contributed by atoms with Crippen molar-refractivity contribution in [1.29, 1.82) is 0 Å². The Labute approximate surface area is 208 Å². The molecule has 0 aliphatic carbocycles. The van der Waals surface area contributed by atoms with Gasteiger partial charge in [0, 0.05) is 18.8 Å². The molecule has 1 heterocycles. The van der Waals surface area contributed by atoms with Crippen LogP contribution < -0.4 is 15.1 Å². The van der Waals surface area contributed by atoms with Gasteiger partial charge in [-0.2, -0.15) is 0 Å². The standard InChI is InChI=1S/C29H25N3O4/c1-2-31(15-16-33)21-11-13-22(14-12-21)32-28(35)26(27(34)30-29(32)36)18-25-23-9-5-3-7-19(23)17-20-8-4-6-10-24(20)25/h3-14,17-18,33H,2,15-16H2,1H3,(H,30,34,36)/b26-18-. The third kappa shape index (κ3) is 4.10. The number of fused-ring (bicyclic) bond motifs is 2. The number of carbonyl (C=O) groups is 3. The number of urea groups is 1. The lowest BCUT2D eigenvalue weighted by Crippen LogP contribution is -2.54. The summed E-state index contributed by atoms with van der Waals surface area (Å²) in [5.74, 6) is -1.41. The van der Waals surface area contributed by atoms with Crippen molar-refractivity contribution in [2.24, 2.45) is 0 Å². The number of nitrogens with zero attached hydrogens (tertiary/aromatic N) is 2. The quantitative estimate of drug-likeness (QED) is 0.242. The molecule has 0 saturated carbocycles. The molecule has 4 aromatic carbocycles. The van der Waals surface area contributed by atoms with E-state index in [0.717, 1.165) is 37.7 Å². The smallest absolute Gasteiger partial charge is 0.335 e. The van der Waals surface area contributed by atoms with Crippen LogP contribution in [0, 0.1) is 0 Å². The Bertz CT molecular complexity index is 1470. The number of benzene rings is 4. The van der Waals surface area contributed by atoms with Gasteiger partial charge >= 0.3 is 6.03 Å². The first-order valence-electron chi connectivity index (χ1n) is 11.8. The van der Waals surface area contributed by atoms with Crippen LogP contribution in [0.25, 0.3) is 27.6 Å². The van der Waals surface area contributed by atoms with E-state index in [1.54, 1.807) is 30.3 Å². The van der Waals surface area contributed by atoms with Crippen molar-refractivity contribution in [2.45, 2.75) is 6.92 Å². The fourth-order valence-corrected chi connectivity index (χ4v) is 4.64. The van der Waals surface area contributed by atoms with Gasteiger partial charge in [0.15, 0.2) is 0 Å². The number of nitrogens with one attached hydrogen (secondary N) is 1. The second-order valence-electron chi connectivity index (χ2n) is 8.51. The van der Waals surface area contributed by atoms with Gasteiger partial charge in [-0.05, 0) is 70.4 Å². The van der Waals surface area contributed by atoms with Gasteiger partial charge in [-0.1, -0.05) is 48.5 Å². The Kier molecular flexibility index (Phi) is 6.23. The van der Waals surface area contributed by atoms with Crippen molar-refractivity contribution >= 4 is 56.8 Å². The molecular formula is C29H25N3O4.